The summed E-state index contributed by atoms with van der Waals surface area (Å²) < 4.78 is 13.4. The Morgan fingerprint density at radius 1 is 1.16 bits per heavy atom. The first-order chi connectivity index (χ1) is 9.15. The molecule has 0 bridgehead atoms. The summed E-state index contributed by atoms with van der Waals surface area (Å²) in [5, 5.41) is 2.74. The zero-order valence-electron chi connectivity index (χ0n) is 10.4. The van der Waals surface area contributed by atoms with Crippen LogP contribution in [0.5, 0.6) is 0 Å². The van der Waals surface area contributed by atoms with Crippen molar-refractivity contribution in [2.24, 2.45) is 0 Å². The maximum absolute atomic E-state index is 13.4. The highest BCUT2D eigenvalue weighted by Crippen LogP contribution is 2.08. The number of carbonyl (C=O) groups excluding carboxylic acids is 1. The van der Waals surface area contributed by atoms with Crippen molar-refractivity contribution in [1.82, 2.24) is 5.32 Å². The number of nitrogens with two attached hydrogens (primary N) is 1. The van der Waals surface area contributed by atoms with Crippen LogP contribution < -0.4 is 11.1 Å². The molecule has 3 nitrogen and oxygen atoms in total. The van der Waals surface area contributed by atoms with Crippen LogP contribution in [0.3, 0.4) is 0 Å². The number of rotatable bonds is 4. The van der Waals surface area contributed by atoms with Gasteiger partial charge >= 0.3 is 0 Å². The van der Waals surface area contributed by atoms with E-state index in [-0.39, 0.29) is 18.1 Å². The summed E-state index contributed by atoms with van der Waals surface area (Å²) in [6.45, 7) is 0.387. The number of hydrogen-bond acceptors (Lipinski definition) is 2. The number of benzene rings is 2. The fourth-order valence-electron chi connectivity index (χ4n) is 1.78. The minimum absolute atomic E-state index is 0.0367. The summed E-state index contributed by atoms with van der Waals surface area (Å²) in [7, 11) is 0. The Balaban J connectivity index is 1.90. The van der Waals surface area contributed by atoms with Gasteiger partial charge in [0, 0.05) is 12.2 Å². The molecule has 3 N–H and O–H groups in total. The monoisotopic (exact) mass is 258 g/mol. The summed E-state index contributed by atoms with van der Waals surface area (Å²) in [6.07, 6.45) is 0.0367. The van der Waals surface area contributed by atoms with Crippen molar-refractivity contribution in [2.75, 3.05) is 5.73 Å². The molecule has 4 heteroatoms. The quantitative estimate of drug-likeness (QED) is 0.826. The van der Waals surface area contributed by atoms with Crippen molar-refractivity contribution in [3.8, 4) is 0 Å². The molecule has 0 saturated heterocycles. The van der Waals surface area contributed by atoms with E-state index in [1.165, 1.54) is 6.07 Å². The van der Waals surface area contributed by atoms with E-state index in [9.17, 15) is 9.18 Å². The number of halogens is 1. The number of amides is 1. The smallest absolute Gasteiger partial charge is 0.224 e. The van der Waals surface area contributed by atoms with Gasteiger partial charge in [0.1, 0.15) is 5.82 Å². The Labute approximate surface area is 111 Å². The van der Waals surface area contributed by atoms with Crippen LogP contribution in [0.15, 0.2) is 48.5 Å². The Hall–Kier alpha value is -2.36. The normalized spacial score (nSPS) is 10.2. The Morgan fingerprint density at radius 3 is 2.68 bits per heavy atom. The minimum atomic E-state index is -0.360. The zero-order chi connectivity index (χ0) is 13.7. The molecule has 0 heterocycles. The predicted octanol–water partition coefficient (Wildman–Crippen LogP) is 2.27. The largest absolute Gasteiger partial charge is 0.399 e. The maximum atomic E-state index is 13.4. The van der Waals surface area contributed by atoms with E-state index < -0.39 is 0 Å². The number of hydrogen-bond donors (Lipinski definition) is 2. The van der Waals surface area contributed by atoms with E-state index in [0.717, 1.165) is 5.56 Å². The number of anilines is 1. The first kappa shape index (κ1) is 13.1. The molecule has 0 fully saturated rings. The molecule has 2 aromatic carbocycles. The summed E-state index contributed by atoms with van der Waals surface area (Å²) in [6, 6.07) is 13.5. The number of carbonyl (C=O) groups is 1. The summed E-state index contributed by atoms with van der Waals surface area (Å²) in [5.74, 6) is -0.575. The molecule has 0 aromatic heterocycles. The summed E-state index contributed by atoms with van der Waals surface area (Å²) >= 11 is 0. The second-order valence-corrected chi connectivity index (χ2v) is 4.29. The van der Waals surface area contributed by atoms with E-state index in [1.54, 1.807) is 30.3 Å². The summed E-state index contributed by atoms with van der Waals surface area (Å²) in [5.41, 5.74) is 7.61. The van der Waals surface area contributed by atoms with E-state index >= 15 is 0 Å². The van der Waals surface area contributed by atoms with E-state index in [2.05, 4.69) is 5.32 Å². The lowest BCUT2D eigenvalue weighted by Gasteiger charge is -2.06. The number of nitrogens with one attached hydrogen (secondary N) is 1. The first-order valence-electron chi connectivity index (χ1n) is 5.99. The van der Waals surface area contributed by atoms with Crippen LogP contribution in [0.2, 0.25) is 0 Å². The average Bonchev–Trinajstić information content (AvgIpc) is 2.39. The van der Waals surface area contributed by atoms with Gasteiger partial charge in [-0.3, -0.25) is 4.79 Å². The highest BCUT2D eigenvalue weighted by molar-refractivity contribution is 5.78. The Morgan fingerprint density at radius 2 is 1.95 bits per heavy atom. The fourth-order valence-corrected chi connectivity index (χ4v) is 1.78. The van der Waals surface area contributed by atoms with Crippen LogP contribution in [0.25, 0.3) is 0 Å². The lowest BCUT2D eigenvalue weighted by molar-refractivity contribution is -0.120. The molecule has 0 aliphatic carbocycles. The molecular weight excluding hydrogens is 243 g/mol. The van der Waals surface area contributed by atoms with Gasteiger partial charge in [-0.2, -0.15) is 0 Å². The van der Waals surface area contributed by atoms with E-state index in [4.69, 9.17) is 5.73 Å². The van der Waals surface area contributed by atoms with Crippen molar-refractivity contribution < 1.29 is 9.18 Å². The third-order valence-electron chi connectivity index (χ3n) is 2.75. The van der Waals surface area contributed by atoms with Gasteiger partial charge in [-0.25, -0.2) is 4.39 Å². The number of nitrogen functional groups attached to an aromatic ring is 1. The maximum Gasteiger partial charge on any atom is 0.224 e. The molecule has 0 saturated carbocycles. The molecule has 1 amide bonds. The van der Waals surface area contributed by atoms with E-state index in [0.29, 0.717) is 17.8 Å². The second kappa shape index (κ2) is 6.00. The van der Waals surface area contributed by atoms with Gasteiger partial charge in [-0.1, -0.05) is 30.3 Å². The Kier molecular flexibility index (Phi) is 4.13. The van der Waals surface area contributed by atoms with Crippen molar-refractivity contribution in [3.05, 3.63) is 65.5 Å². The molecule has 2 aromatic rings. The molecule has 0 spiro atoms. The minimum Gasteiger partial charge on any atom is -0.399 e. The molecule has 0 unspecified atom stereocenters. The second-order valence-electron chi connectivity index (χ2n) is 4.29. The van der Waals surface area contributed by atoms with Gasteiger partial charge in [-0.05, 0) is 29.3 Å². The van der Waals surface area contributed by atoms with Crippen LogP contribution >= 0.6 is 0 Å². The van der Waals surface area contributed by atoms with Gasteiger partial charge in [0.05, 0.1) is 6.42 Å². The van der Waals surface area contributed by atoms with Crippen molar-refractivity contribution in [1.29, 1.82) is 0 Å². The van der Waals surface area contributed by atoms with E-state index in [1.807, 2.05) is 12.1 Å². The standard InChI is InChI=1S/C15H15FN2O/c16-14-7-2-1-5-12(14)9-15(19)18-10-11-4-3-6-13(17)8-11/h1-8H,9-10,17H2,(H,18,19). The highest BCUT2D eigenvalue weighted by atomic mass is 19.1. The van der Waals surface area contributed by atoms with Crippen LogP contribution in [0.4, 0.5) is 10.1 Å². The molecule has 19 heavy (non-hydrogen) atoms. The molecule has 0 atom stereocenters. The van der Waals surface area contributed by atoms with Crippen LogP contribution in [-0.4, -0.2) is 5.91 Å². The topological polar surface area (TPSA) is 55.1 Å². The van der Waals surface area contributed by atoms with Crippen molar-refractivity contribution >= 4 is 11.6 Å². The molecule has 0 aliphatic heterocycles. The van der Waals surface area contributed by atoms with Crippen LogP contribution in [-0.2, 0) is 17.8 Å². The third kappa shape index (κ3) is 3.81. The highest BCUT2D eigenvalue weighted by Gasteiger charge is 2.07. The van der Waals surface area contributed by atoms with Crippen LogP contribution in [0, 0.1) is 5.82 Å². The molecule has 0 aliphatic rings. The van der Waals surface area contributed by atoms with Gasteiger partial charge in [0.2, 0.25) is 5.91 Å². The molecule has 98 valence electrons. The SMILES string of the molecule is Nc1cccc(CNC(=O)Cc2ccccc2F)c1. The van der Waals surface area contributed by atoms with Crippen LogP contribution in [0.1, 0.15) is 11.1 Å². The van der Waals surface area contributed by atoms with Gasteiger partial charge in [0.15, 0.2) is 0 Å². The fraction of sp³-hybridized carbons (Fsp3) is 0.133. The predicted molar refractivity (Wildman–Crippen MR) is 72.8 cm³/mol. The molecular formula is C15H15FN2O. The lowest BCUT2D eigenvalue weighted by atomic mass is 10.1. The average molecular weight is 258 g/mol. The first-order valence-corrected chi connectivity index (χ1v) is 5.99. The summed E-state index contributed by atoms with van der Waals surface area (Å²) in [4.78, 5) is 11.7. The Bertz CT molecular complexity index is 584. The zero-order valence-corrected chi connectivity index (χ0v) is 10.4. The third-order valence-corrected chi connectivity index (χ3v) is 2.75. The lowest BCUT2D eigenvalue weighted by Crippen LogP contribution is -2.24. The van der Waals surface area contributed by atoms with Gasteiger partial charge in [-0.15, -0.1) is 0 Å². The molecule has 0 radical (unpaired) electrons. The van der Waals surface area contributed by atoms with Gasteiger partial charge < -0.3 is 11.1 Å². The van der Waals surface area contributed by atoms with Crippen molar-refractivity contribution in [2.45, 2.75) is 13.0 Å². The molecule has 2 rings (SSSR count). The van der Waals surface area contributed by atoms with Crippen molar-refractivity contribution in [3.63, 3.8) is 0 Å². The van der Waals surface area contributed by atoms with Gasteiger partial charge in [0.25, 0.3) is 0 Å².